The van der Waals surface area contributed by atoms with Crippen molar-refractivity contribution < 1.29 is 14.3 Å². The number of carbonyl (C=O) groups excluding carboxylic acids is 2. The van der Waals surface area contributed by atoms with Crippen LogP contribution >= 0.6 is 24.3 Å². The summed E-state index contributed by atoms with van der Waals surface area (Å²) in [6.07, 6.45) is 25.8. The standard InChI is InChI=1S/C37H47O3P3/c38-30-28-29(31(39)40-30)43-32(34-10-19-1-20(11-34)3-21(2-19)12-34)41-37(28,36-16-25-7-26(17-36)9-27(8-25)18-36)42-33(43)35-13-22-4-23(14-35)6-24(5-22)15-35/h19-29H,1-18H2. The average Bonchev–Trinajstić information content (AvgIpc) is 3.26. The van der Waals surface area contributed by atoms with E-state index in [1.165, 1.54) is 116 Å². The summed E-state index contributed by atoms with van der Waals surface area (Å²) in [5.41, 5.74) is 0.871. The fourth-order valence-corrected chi connectivity index (χ4v) is 28.3. The highest BCUT2D eigenvalue weighted by Gasteiger charge is 2.75. The van der Waals surface area contributed by atoms with Crippen LogP contribution in [-0.2, 0) is 14.3 Å². The van der Waals surface area contributed by atoms with E-state index in [1.807, 2.05) is 10.1 Å². The van der Waals surface area contributed by atoms with E-state index in [9.17, 15) is 9.59 Å². The van der Waals surface area contributed by atoms with Crippen LogP contribution in [0.1, 0.15) is 116 Å². The minimum Gasteiger partial charge on any atom is -0.392 e. The molecule has 43 heavy (non-hydrogen) atoms. The Balaban J connectivity index is 1.12. The van der Waals surface area contributed by atoms with Crippen LogP contribution in [-0.4, -0.2) is 32.6 Å². The molecule has 6 heteroatoms. The van der Waals surface area contributed by atoms with Crippen molar-refractivity contribution in [3.05, 3.63) is 0 Å². The SMILES string of the molecule is O=C1OC(=O)C2C1P1C(C34CC5CC(CC(C5)C3)C4)=PC2(C23CC4CC(CC(C4)C2)C3)P=C1C12CC3CC(CC(C3)C1)C2. The minimum atomic E-state index is -0.718. The Hall–Kier alpha value is -0.0900. The maximum absolute atomic E-state index is 14.3. The molecule has 0 aromatic carbocycles. The Morgan fingerprint density at radius 1 is 0.512 bits per heavy atom. The number of cyclic esters (lactones) is 2. The quantitative estimate of drug-likeness (QED) is 0.177. The van der Waals surface area contributed by atoms with Crippen molar-refractivity contribution in [1.29, 1.82) is 0 Å². The van der Waals surface area contributed by atoms with Crippen molar-refractivity contribution in [2.45, 2.75) is 126 Å². The molecule has 2 unspecified atom stereocenters. The molecule has 0 aromatic rings. The van der Waals surface area contributed by atoms with Crippen LogP contribution < -0.4 is 0 Å². The van der Waals surface area contributed by atoms with Gasteiger partial charge in [-0.1, -0.05) is 16.4 Å². The molecule has 4 heterocycles. The Bertz CT molecular complexity index is 1270. The Labute approximate surface area is 261 Å². The van der Waals surface area contributed by atoms with E-state index in [4.69, 9.17) is 4.74 Å². The Morgan fingerprint density at radius 3 is 1.23 bits per heavy atom. The molecule has 1 saturated heterocycles. The topological polar surface area (TPSA) is 43.4 Å². The number of hydrogen-bond donors (Lipinski definition) is 0. The fourth-order valence-electron chi connectivity index (χ4n) is 16.7. The van der Waals surface area contributed by atoms with Gasteiger partial charge < -0.3 is 4.74 Å². The predicted molar refractivity (Wildman–Crippen MR) is 174 cm³/mol. The first-order valence-electron chi connectivity index (χ1n) is 18.6. The second kappa shape index (κ2) is 8.13. The smallest absolute Gasteiger partial charge is 0.322 e. The molecule has 12 saturated carbocycles. The highest BCUT2D eigenvalue weighted by atomic mass is 31.2. The van der Waals surface area contributed by atoms with Gasteiger partial charge in [0, 0.05) is 10.8 Å². The van der Waals surface area contributed by atoms with Crippen molar-refractivity contribution >= 4 is 46.3 Å². The van der Waals surface area contributed by atoms with Crippen molar-refractivity contribution in [3.63, 3.8) is 0 Å². The third-order valence-corrected chi connectivity index (χ3v) is 25.6. The van der Waals surface area contributed by atoms with Gasteiger partial charge in [-0.05, 0) is 192 Å². The lowest BCUT2D eigenvalue weighted by Crippen LogP contribution is -2.64. The number of esters is 2. The molecule has 0 amide bonds. The number of carbonyl (C=O) groups is 2. The fraction of sp³-hybridized carbons (Fsp3) is 0.892. The average molecular weight is 633 g/mol. The van der Waals surface area contributed by atoms with E-state index >= 15 is 0 Å². The first-order valence-corrected chi connectivity index (χ1v) is 21.8. The Morgan fingerprint density at radius 2 is 0.860 bits per heavy atom. The molecule has 2 atom stereocenters. The van der Waals surface area contributed by atoms with Gasteiger partial charge in [0.25, 0.3) is 0 Å². The summed E-state index contributed by atoms with van der Waals surface area (Å²) in [7, 11) is 2.48. The summed E-state index contributed by atoms with van der Waals surface area (Å²) in [6.45, 7) is 0. The minimum absolute atomic E-state index is 0.0653. The summed E-state index contributed by atoms with van der Waals surface area (Å²) in [5, 5.41) is 3.82. The van der Waals surface area contributed by atoms with Crippen LogP contribution in [0.4, 0.5) is 0 Å². The van der Waals surface area contributed by atoms with Crippen molar-refractivity contribution in [2.75, 3.05) is 0 Å². The second-order valence-corrected chi connectivity index (χ2v) is 25.2. The summed E-state index contributed by atoms with van der Waals surface area (Å²) in [4.78, 5) is 28.3. The van der Waals surface area contributed by atoms with Gasteiger partial charge in [-0.25, -0.2) is 0 Å². The third-order valence-electron chi connectivity index (χ3n) is 16.6. The van der Waals surface area contributed by atoms with Crippen LogP contribution in [0.15, 0.2) is 0 Å². The molecule has 4 aliphatic heterocycles. The molecule has 14 bridgehead atoms. The summed E-state index contributed by atoms with van der Waals surface area (Å²) in [5.74, 6) is 7.88. The zero-order chi connectivity index (χ0) is 28.1. The van der Waals surface area contributed by atoms with Gasteiger partial charge in [-0.3, -0.25) is 9.59 Å². The molecule has 3 nitrogen and oxygen atoms in total. The first-order chi connectivity index (χ1) is 20.8. The van der Waals surface area contributed by atoms with Gasteiger partial charge in [-0.2, -0.15) is 0 Å². The molecule has 12 aliphatic carbocycles. The Kier molecular flexibility index (Phi) is 4.90. The van der Waals surface area contributed by atoms with Gasteiger partial charge in [0.2, 0.25) is 0 Å². The number of rotatable bonds is 3. The molecule has 16 rings (SSSR count). The van der Waals surface area contributed by atoms with Crippen molar-refractivity contribution in [1.82, 2.24) is 0 Å². The van der Waals surface area contributed by atoms with Crippen LogP contribution in [0.25, 0.3) is 0 Å². The van der Waals surface area contributed by atoms with Gasteiger partial charge in [0.1, 0.15) is 5.66 Å². The van der Waals surface area contributed by atoms with Crippen LogP contribution in [0.5, 0.6) is 0 Å². The molecule has 228 valence electrons. The van der Waals surface area contributed by atoms with Crippen LogP contribution in [0.2, 0.25) is 0 Å². The summed E-state index contributed by atoms with van der Waals surface area (Å²) >= 11 is 0. The molecule has 13 fully saturated rings. The highest BCUT2D eigenvalue weighted by molar-refractivity contribution is 8.07. The van der Waals surface area contributed by atoms with Crippen molar-refractivity contribution in [2.24, 2.45) is 75.4 Å². The monoisotopic (exact) mass is 632 g/mol. The molecule has 16 aliphatic rings. The van der Waals surface area contributed by atoms with E-state index in [-0.39, 0.29) is 33.8 Å². The summed E-state index contributed by atoms with van der Waals surface area (Å²) < 4.78 is 5.91. The van der Waals surface area contributed by atoms with E-state index in [1.54, 1.807) is 16.4 Å². The molecule has 0 radical (unpaired) electrons. The lowest BCUT2D eigenvalue weighted by molar-refractivity contribution is -0.154. The molecule has 0 N–H and O–H groups in total. The number of hydrogen-bond acceptors (Lipinski definition) is 3. The second-order valence-electron chi connectivity index (χ2n) is 19.2. The summed E-state index contributed by atoms with van der Waals surface area (Å²) in [6, 6.07) is 0. The van der Waals surface area contributed by atoms with E-state index in [2.05, 4.69) is 0 Å². The van der Waals surface area contributed by atoms with E-state index < -0.39 is 7.92 Å². The largest absolute Gasteiger partial charge is 0.392 e. The highest BCUT2D eigenvalue weighted by Crippen LogP contribution is 2.85. The molecule has 0 aromatic heterocycles. The molecular formula is C37H47O3P3. The normalized spacial score (nSPS) is 63.3. The van der Waals surface area contributed by atoms with E-state index in [0.29, 0.717) is 10.8 Å². The lowest BCUT2D eigenvalue weighted by Gasteiger charge is -2.69. The maximum atomic E-state index is 14.3. The maximum Gasteiger partial charge on any atom is 0.322 e. The van der Waals surface area contributed by atoms with Gasteiger partial charge in [0.05, 0.1) is 10.8 Å². The van der Waals surface area contributed by atoms with Crippen LogP contribution in [0, 0.1) is 75.4 Å². The van der Waals surface area contributed by atoms with Gasteiger partial charge >= 0.3 is 11.9 Å². The zero-order valence-electron chi connectivity index (χ0n) is 25.6. The van der Waals surface area contributed by atoms with Crippen LogP contribution in [0.3, 0.4) is 0 Å². The number of ether oxygens (including phenoxy) is 1. The predicted octanol–water partition coefficient (Wildman–Crippen LogP) is 9.06. The van der Waals surface area contributed by atoms with Gasteiger partial charge in [-0.15, -0.1) is 0 Å². The van der Waals surface area contributed by atoms with Crippen molar-refractivity contribution in [3.8, 4) is 0 Å². The third kappa shape index (κ3) is 3.14. The lowest BCUT2D eigenvalue weighted by atomic mass is 9.47. The van der Waals surface area contributed by atoms with Gasteiger partial charge in [0.15, 0.2) is 0 Å². The molecule has 0 spiro atoms. The zero-order valence-corrected chi connectivity index (χ0v) is 28.3. The molecular weight excluding hydrogens is 585 g/mol. The first kappa shape index (κ1) is 25.9. The van der Waals surface area contributed by atoms with E-state index in [0.717, 1.165) is 53.3 Å².